The van der Waals surface area contributed by atoms with E-state index >= 15 is 0 Å². The lowest BCUT2D eigenvalue weighted by molar-refractivity contribution is -0.142. The summed E-state index contributed by atoms with van der Waals surface area (Å²) in [5, 5.41) is 3.25. The van der Waals surface area contributed by atoms with Crippen molar-refractivity contribution in [1.82, 2.24) is 40.0 Å². The third-order valence-electron chi connectivity index (χ3n) is 7.54. The molecule has 0 radical (unpaired) electrons. The number of ether oxygens (including phenoxy) is 1. The number of nitrogens with one attached hydrogen (secondary N) is 1. The van der Waals surface area contributed by atoms with E-state index in [1.165, 1.54) is 11.1 Å². The van der Waals surface area contributed by atoms with Crippen LogP contribution in [0.2, 0.25) is 0 Å². The third kappa shape index (κ3) is 6.75. The molecule has 5 heterocycles. The number of hydrogen-bond acceptors (Lipinski definition) is 12. The van der Waals surface area contributed by atoms with Crippen LogP contribution in [0.25, 0.3) is 11.4 Å². The first kappa shape index (κ1) is 28.7. The Morgan fingerprint density at radius 3 is 2.29 bits per heavy atom. The van der Waals surface area contributed by atoms with Crippen molar-refractivity contribution < 1.29 is 23.1 Å². The summed E-state index contributed by atoms with van der Waals surface area (Å²) in [6.07, 6.45) is -0.156. The Kier molecular flexibility index (Phi) is 8.97. The van der Waals surface area contributed by atoms with E-state index in [0.717, 1.165) is 25.9 Å². The molecule has 0 spiro atoms. The Bertz CT molecular complexity index is 1230. The molecule has 16 heteroatoms. The summed E-state index contributed by atoms with van der Waals surface area (Å²) in [6, 6.07) is 0. The molecule has 3 N–H and O–H groups in total. The molecule has 0 aromatic carbocycles. The maximum absolute atomic E-state index is 13.8. The summed E-state index contributed by atoms with van der Waals surface area (Å²) in [5.74, 6) is 0.211. The van der Waals surface area contributed by atoms with Crippen molar-refractivity contribution in [2.75, 3.05) is 94.7 Å². The van der Waals surface area contributed by atoms with Crippen LogP contribution in [0.3, 0.4) is 0 Å². The summed E-state index contributed by atoms with van der Waals surface area (Å²) >= 11 is 0. The monoisotopic (exact) mass is 575 g/mol. The zero-order valence-electron chi connectivity index (χ0n) is 23.0. The first-order valence-electron chi connectivity index (χ1n) is 13.8. The number of halogens is 2. The molecule has 3 aliphatic rings. The summed E-state index contributed by atoms with van der Waals surface area (Å²) in [7, 11) is 1.67. The zero-order chi connectivity index (χ0) is 28.9. The van der Waals surface area contributed by atoms with Crippen molar-refractivity contribution in [2.24, 2.45) is 5.92 Å². The topological polar surface area (TPSA) is 159 Å². The smallest absolute Gasteiger partial charge is 0.281 e. The number of anilines is 3. The van der Waals surface area contributed by atoms with Crippen LogP contribution < -0.4 is 20.9 Å². The Balaban J connectivity index is 1.31. The number of nitrogens with zero attached hydrogens (tertiary/aromatic N) is 9. The highest BCUT2D eigenvalue weighted by molar-refractivity contribution is 5.86. The molecule has 5 rings (SSSR count). The van der Waals surface area contributed by atoms with Crippen molar-refractivity contribution in [2.45, 2.75) is 19.3 Å². The van der Waals surface area contributed by atoms with E-state index in [2.05, 4.69) is 30.2 Å². The average molecular weight is 576 g/mol. The van der Waals surface area contributed by atoms with Crippen LogP contribution in [0.1, 0.15) is 25.0 Å². The minimum Gasteiger partial charge on any atom is -0.378 e. The number of alkyl halides is 2. The number of hydrogen-bond donors (Lipinski definition) is 2. The fourth-order valence-electron chi connectivity index (χ4n) is 5.19. The van der Waals surface area contributed by atoms with Gasteiger partial charge in [-0.05, 0) is 25.9 Å². The second kappa shape index (κ2) is 12.8. The van der Waals surface area contributed by atoms with Gasteiger partial charge in [-0.25, -0.2) is 18.7 Å². The molecule has 3 saturated heterocycles. The molecule has 3 fully saturated rings. The lowest BCUT2D eigenvalue weighted by atomic mass is 9.97. The number of aromatic nitrogens is 5. The number of nitrogens with two attached hydrogens (primary N) is 1. The largest absolute Gasteiger partial charge is 0.378 e. The number of morpholine rings is 1. The zero-order valence-corrected chi connectivity index (χ0v) is 23.0. The number of piperazine rings is 1. The van der Waals surface area contributed by atoms with Crippen molar-refractivity contribution in [3.8, 4) is 11.4 Å². The molecule has 2 amide bonds. The highest BCUT2D eigenvalue weighted by atomic mass is 19.3. The van der Waals surface area contributed by atoms with Gasteiger partial charge in [-0.1, -0.05) is 0 Å². The van der Waals surface area contributed by atoms with Gasteiger partial charge in [-0.15, -0.1) is 0 Å². The van der Waals surface area contributed by atoms with E-state index in [4.69, 9.17) is 10.5 Å². The van der Waals surface area contributed by atoms with E-state index in [9.17, 15) is 18.4 Å². The van der Waals surface area contributed by atoms with E-state index in [-0.39, 0.29) is 41.6 Å². The van der Waals surface area contributed by atoms with Crippen LogP contribution in [0, 0.1) is 5.92 Å². The fourth-order valence-corrected chi connectivity index (χ4v) is 5.19. The third-order valence-corrected chi connectivity index (χ3v) is 7.54. The van der Waals surface area contributed by atoms with Crippen LogP contribution in [0.4, 0.5) is 26.6 Å². The van der Waals surface area contributed by atoms with Gasteiger partial charge in [0.2, 0.25) is 29.7 Å². The van der Waals surface area contributed by atoms with E-state index < -0.39 is 12.1 Å². The predicted molar refractivity (Wildman–Crippen MR) is 145 cm³/mol. The SMILES string of the molecule is CN(CC(=O)N1CCN(c2nc(-c3cnc(N)nc3C(F)F)nc(N3CCOCC3)n2)CC1)C(=O)C1CCNCC1. The van der Waals surface area contributed by atoms with Gasteiger partial charge >= 0.3 is 0 Å². The molecule has 0 atom stereocenters. The van der Waals surface area contributed by atoms with Crippen LogP contribution in [-0.4, -0.2) is 126 Å². The van der Waals surface area contributed by atoms with Crippen molar-refractivity contribution in [3.05, 3.63) is 11.9 Å². The molecule has 14 nitrogen and oxygen atoms in total. The number of likely N-dealkylation sites (N-methyl/N-ethyl adjacent to an activating group) is 1. The van der Waals surface area contributed by atoms with Gasteiger partial charge in [0, 0.05) is 58.4 Å². The molecule has 2 aromatic rings. The van der Waals surface area contributed by atoms with Crippen LogP contribution in [0.5, 0.6) is 0 Å². The molecule has 0 bridgehead atoms. The summed E-state index contributed by atoms with van der Waals surface area (Å²) in [4.78, 5) is 54.1. The molecule has 0 saturated carbocycles. The summed E-state index contributed by atoms with van der Waals surface area (Å²) in [5.41, 5.74) is 4.98. The predicted octanol–water partition coefficient (Wildman–Crippen LogP) is -0.208. The Morgan fingerprint density at radius 2 is 1.66 bits per heavy atom. The number of rotatable bonds is 7. The number of amides is 2. The van der Waals surface area contributed by atoms with Gasteiger partial charge in [-0.2, -0.15) is 15.0 Å². The van der Waals surface area contributed by atoms with Gasteiger partial charge in [0.25, 0.3) is 6.43 Å². The number of carbonyl (C=O) groups excluding carboxylic acids is 2. The van der Waals surface area contributed by atoms with E-state index in [1.54, 1.807) is 11.9 Å². The fraction of sp³-hybridized carbons (Fsp3) is 0.640. The molecular formula is C25H35F2N11O3. The summed E-state index contributed by atoms with van der Waals surface area (Å²) in [6.45, 7) is 5.31. The first-order chi connectivity index (χ1) is 19.8. The lowest BCUT2D eigenvalue weighted by Crippen LogP contribution is -2.52. The maximum atomic E-state index is 13.8. The second-order valence-electron chi connectivity index (χ2n) is 10.3. The summed E-state index contributed by atoms with van der Waals surface area (Å²) < 4.78 is 33.1. The van der Waals surface area contributed by atoms with Gasteiger partial charge in [0.1, 0.15) is 5.69 Å². The van der Waals surface area contributed by atoms with Gasteiger partial charge in [0.05, 0.1) is 25.3 Å². The molecule has 0 aliphatic carbocycles. The highest BCUT2D eigenvalue weighted by Crippen LogP contribution is 2.30. The number of piperidine rings is 1. The van der Waals surface area contributed by atoms with Crippen LogP contribution >= 0.6 is 0 Å². The first-order valence-corrected chi connectivity index (χ1v) is 13.8. The number of nitrogen functional groups attached to an aromatic ring is 1. The van der Waals surface area contributed by atoms with Gasteiger partial charge < -0.3 is 35.4 Å². The average Bonchev–Trinajstić information content (AvgIpc) is 3.01. The standard InChI is InChI=1S/C25H35F2N11O3/c1-35(22(40)16-2-4-29-5-3-16)15-18(39)36-6-8-37(9-7-36)24-32-21(17-14-30-23(28)31-19(17)20(26)27)33-25(34-24)38-10-12-41-13-11-38/h14,16,20,29H,2-13,15H2,1H3,(H2,28,30,31). The Labute approximate surface area is 236 Å². The molecule has 2 aromatic heterocycles. The van der Waals surface area contributed by atoms with Crippen molar-refractivity contribution in [3.63, 3.8) is 0 Å². The van der Waals surface area contributed by atoms with Crippen molar-refractivity contribution >= 4 is 29.7 Å². The molecular weight excluding hydrogens is 540 g/mol. The maximum Gasteiger partial charge on any atom is 0.281 e. The Morgan fingerprint density at radius 1 is 1.02 bits per heavy atom. The van der Waals surface area contributed by atoms with Crippen molar-refractivity contribution in [1.29, 1.82) is 0 Å². The Hall–Kier alpha value is -3.79. The molecule has 3 aliphatic heterocycles. The van der Waals surface area contributed by atoms with Gasteiger partial charge in [0.15, 0.2) is 5.82 Å². The van der Waals surface area contributed by atoms with Crippen LogP contribution in [0.15, 0.2) is 6.20 Å². The lowest BCUT2D eigenvalue weighted by Gasteiger charge is -2.36. The van der Waals surface area contributed by atoms with Crippen LogP contribution in [-0.2, 0) is 14.3 Å². The quantitative estimate of drug-likeness (QED) is 0.448. The number of carbonyl (C=O) groups is 2. The highest BCUT2D eigenvalue weighted by Gasteiger charge is 2.29. The molecule has 0 unspecified atom stereocenters. The van der Waals surface area contributed by atoms with Gasteiger partial charge in [-0.3, -0.25) is 9.59 Å². The minimum absolute atomic E-state index is 0.00153. The normalized spacial score (nSPS) is 18.6. The minimum atomic E-state index is -2.91. The second-order valence-corrected chi connectivity index (χ2v) is 10.3. The molecule has 222 valence electrons. The molecule has 41 heavy (non-hydrogen) atoms. The van der Waals surface area contributed by atoms with E-state index in [0.29, 0.717) is 64.4 Å². The van der Waals surface area contributed by atoms with E-state index in [1.807, 2.05) is 9.80 Å².